The predicted molar refractivity (Wildman–Crippen MR) is 116 cm³/mol. The fraction of sp³-hybridized carbons (Fsp3) is 0.458. The molecule has 6 heteroatoms. The highest BCUT2D eigenvalue weighted by Crippen LogP contribution is 2.31. The van der Waals surface area contributed by atoms with Crippen LogP contribution >= 0.6 is 0 Å². The van der Waals surface area contributed by atoms with Gasteiger partial charge in [-0.05, 0) is 17.7 Å². The highest BCUT2D eigenvalue weighted by atomic mass is 16.5. The van der Waals surface area contributed by atoms with E-state index < -0.39 is 0 Å². The second-order valence-electron chi connectivity index (χ2n) is 8.22. The molecule has 2 atom stereocenters. The number of benzene rings is 2. The molecule has 2 aromatic carbocycles. The molecule has 3 fully saturated rings. The number of hydrogen-bond donors (Lipinski definition) is 0. The summed E-state index contributed by atoms with van der Waals surface area (Å²) in [5, 5.41) is 0. The van der Waals surface area contributed by atoms with Gasteiger partial charge in [0.1, 0.15) is 0 Å². The van der Waals surface area contributed by atoms with Crippen LogP contribution in [0, 0.1) is 0 Å². The van der Waals surface area contributed by atoms with Crippen molar-refractivity contribution in [3.63, 3.8) is 0 Å². The first-order valence-electron chi connectivity index (χ1n) is 10.9. The quantitative estimate of drug-likeness (QED) is 0.782. The van der Waals surface area contributed by atoms with Gasteiger partial charge < -0.3 is 19.3 Å². The van der Waals surface area contributed by atoms with E-state index in [2.05, 4.69) is 40.1 Å². The van der Waals surface area contributed by atoms with Gasteiger partial charge in [0.25, 0.3) is 5.91 Å². The number of rotatable bonds is 3. The Balaban J connectivity index is 1.32. The lowest BCUT2D eigenvalue weighted by Gasteiger charge is -2.48. The second-order valence-corrected chi connectivity index (χ2v) is 8.22. The van der Waals surface area contributed by atoms with Gasteiger partial charge in [-0.1, -0.05) is 42.5 Å². The van der Waals surface area contributed by atoms with Gasteiger partial charge in [0.15, 0.2) is 0 Å². The van der Waals surface area contributed by atoms with Gasteiger partial charge in [0, 0.05) is 38.4 Å². The Morgan fingerprint density at radius 1 is 0.833 bits per heavy atom. The topological polar surface area (TPSA) is 45.2 Å². The van der Waals surface area contributed by atoms with Gasteiger partial charge in [0.2, 0.25) is 0 Å². The third kappa shape index (κ3) is 3.83. The number of amides is 1. The van der Waals surface area contributed by atoms with E-state index in [1.54, 1.807) is 0 Å². The zero-order valence-corrected chi connectivity index (χ0v) is 17.3. The second kappa shape index (κ2) is 8.76. The minimum atomic E-state index is 0.124. The predicted octanol–water partition coefficient (Wildman–Crippen LogP) is 2.42. The molecule has 3 aliphatic rings. The SMILES string of the molecule is O=C(c1ccccc1N1CCOCC1)N1CCN2[C@@H](COC[C@@H]2c2ccccc2)C1. The minimum absolute atomic E-state index is 0.124. The van der Waals surface area contributed by atoms with Crippen LogP contribution in [-0.4, -0.2) is 80.9 Å². The maximum atomic E-state index is 13.5. The van der Waals surface area contributed by atoms with Gasteiger partial charge in [0.05, 0.1) is 44.1 Å². The summed E-state index contributed by atoms with van der Waals surface area (Å²) in [5.74, 6) is 0.124. The molecule has 3 aliphatic heterocycles. The minimum Gasteiger partial charge on any atom is -0.378 e. The van der Waals surface area contributed by atoms with Crippen molar-refractivity contribution in [3.8, 4) is 0 Å². The average molecular weight is 408 g/mol. The van der Waals surface area contributed by atoms with Gasteiger partial charge in [-0.15, -0.1) is 0 Å². The number of hydrogen-bond acceptors (Lipinski definition) is 5. The Morgan fingerprint density at radius 3 is 2.43 bits per heavy atom. The molecular weight excluding hydrogens is 378 g/mol. The van der Waals surface area contributed by atoms with Crippen LogP contribution in [0.4, 0.5) is 5.69 Å². The van der Waals surface area contributed by atoms with Gasteiger partial charge in [-0.25, -0.2) is 0 Å². The van der Waals surface area contributed by atoms with E-state index >= 15 is 0 Å². The molecule has 0 saturated carbocycles. The van der Waals surface area contributed by atoms with Gasteiger partial charge in [-0.2, -0.15) is 0 Å². The van der Waals surface area contributed by atoms with Crippen LogP contribution in [0.1, 0.15) is 22.0 Å². The number of anilines is 1. The molecule has 5 rings (SSSR count). The summed E-state index contributed by atoms with van der Waals surface area (Å²) in [6, 6.07) is 19.1. The summed E-state index contributed by atoms with van der Waals surface area (Å²) < 4.78 is 11.4. The van der Waals surface area contributed by atoms with Crippen LogP contribution in [0.3, 0.4) is 0 Å². The summed E-state index contributed by atoms with van der Waals surface area (Å²) in [4.78, 5) is 20.3. The van der Waals surface area contributed by atoms with Crippen molar-refractivity contribution in [1.82, 2.24) is 9.80 Å². The van der Waals surface area contributed by atoms with E-state index in [-0.39, 0.29) is 18.0 Å². The normalized spacial score (nSPS) is 25.1. The summed E-state index contributed by atoms with van der Waals surface area (Å²) in [7, 11) is 0. The molecule has 158 valence electrons. The molecule has 0 bridgehead atoms. The number of morpholine rings is 2. The summed E-state index contributed by atoms with van der Waals surface area (Å²) >= 11 is 0. The molecule has 0 N–H and O–H groups in total. The zero-order chi connectivity index (χ0) is 20.3. The largest absolute Gasteiger partial charge is 0.378 e. The lowest BCUT2D eigenvalue weighted by Crippen LogP contribution is -2.60. The fourth-order valence-corrected chi connectivity index (χ4v) is 4.89. The van der Waals surface area contributed by atoms with E-state index in [1.807, 2.05) is 29.2 Å². The van der Waals surface area contributed by atoms with Gasteiger partial charge in [-0.3, -0.25) is 9.69 Å². The molecule has 0 aliphatic carbocycles. The number of carbonyl (C=O) groups is 1. The molecular formula is C24H29N3O3. The number of fused-ring (bicyclic) bond motifs is 1. The first-order chi connectivity index (χ1) is 14.8. The number of para-hydroxylation sites is 1. The highest BCUT2D eigenvalue weighted by Gasteiger charge is 2.38. The summed E-state index contributed by atoms with van der Waals surface area (Å²) in [6.45, 7) is 6.80. The third-order valence-electron chi connectivity index (χ3n) is 6.47. The van der Waals surface area contributed by atoms with Crippen LogP contribution < -0.4 is 4.90 Å². The van der Waals surface area contributed by atoms with E-state index in [4.69, 9.17) is 9.47 Å². The fourth-order valence-electron chi connectivity index (χ4n) is 4.89. The van der Waals surface area contributed by atoms with Crippen LogP contribution in [0.5, 0.6) is 0 Å². The van der Waals surface area contributed by atoms with Crippen molar-refractivity contribution >= 4 is 11.6 Å². The van der Waals surface area contributed by atoms with Crippen molar-refractivity contribution in [1.29, 1.82) is 0 Å². The highest BCUT2D eigenvalue weighted by molar-refractivity contribution is 6.00. The van der Waals surface area contributed by atoms with Crippen molar-refractivity contribution in [2.75, 3.05) is 64.1 Å². The smallest absolute Gasteiger partial charge is 0.256 e. The van der Waals surface area contributed by atoms with Crippen LogP contribution in [0.2, 0.25) is 0 Å². The molecule has 6 nitrogen and oxygen atoms in total. The molecule has 3 heterocycles. The Bertz CT molecular complexity index is 869. The molecule has 0 spiro atoms. The van der Waals surface area contributed by atoms with Crippen molar-refractivity contribution < 1.29 is 14.3 Å². The van der Waals surface area contributed by atoms with Crippen LogP contribution in [0.25, 0.3) is 0 Å². The van der Waals surface area contributed by atoms with Gasteiger partial charge >= 0.3 is 0 Å². The van der Waals surface area contributed by atoms with Crippen molar-refractivity contribution in [3.05, 3.63) is 65.7 Å². The molecule has 0 radical (unpaired) electrons. The lowest BCUT2D eigenvalue weighted by molar-refractivity contribution is -0.0770. The maximum Gasteiger partial charge on any atom is 0.256 e. The van der Waals surface area contributed by atoms with Crippen LogP contribution in [0.15, 0.2) is 54.6 Å². The molecule has 1 amide bonds. The van der Waals surface area contributed by atoms with E-state index in [0.717, 1.165) is 37.4 Å². The number of piperazine rings is 1. The number of nitrogens with zero attached hydrogens (tertiary/aromatic N) is 3. The number of ether oxygens (including phenoxy) is 2. The van der Waals surface area contributed by atoms with Crippen molar-refractivity contribution in [2.45, 2.75) is 12.1 Å². The summed E-state index contributed by atoms with van der Waals surface area (Å²) in [5.41, 5.74) is 3.11. The first kappa shape index (κ1) is 19.5. The van der Waals surface area contributed by atoms with E-state index in [1.165, 1.54) is 5.56 Å². The Morgan fingerprint density at radius 2 is 1.60 bits per heavy atom. The Kier molecular flexibility index (Phi) is 5.71. The standard InChI is InChI=1S/C24H29N3O3/c28-24(21-8-4-5-9-22(21)25-12-14-29-15-13-25)26-10-11-27-20(16-26)17-30-18-23(27)19-6-2-1-3-7-19/h1-9,20,23H,10-18H2/t20-,23-/m1/s1. The molecule has 30 heavy (non-hydrogen) atoms. The van der Waals surface area contributed by atoms with E-state index in [9.17, 15) is 4.79 Å². The Hall–Kier alpha value is -2.41. The molecule has 2 aromatic rings. The first-order valence-corrected chi connectivity index (χ1v) is 10.9. The van der Waals surface area contributed by atoms with Crippen molar-refractivity contribution in [2.24, 2.45) is 0 Å². The molecule has 0 unspecified atom stereocenters. The molecule has 3 saturated heterocycles. The summed E-state index contributed by atoms with van der Waals surface area (Å²) in [6.07, 6.45) is 0. The monoisotopic (exact) mass is 407 g/mol. The number of carbonyl (C=O) groups excluding carboxylic acids is 1. The van der Waals surface area contributed by atoms with Crippen LogP contribution in [-0.2, 0) is 9.47 Å². The average Bonchev–Trinajstić information content (AvgIpc) is 2.84. The Labute approximate surface area is 178 Å². The molecule has 0 aromatic heterocycles. The van der Waals surface area contributed by atoms with E-state index in [0.29, 0.717) is 33.0 Å². The third-order valence-corrected chi connectivity index (χ3v) is 6.47. The maximum absolute atomic E-state index is 13.5. The lowest BCUT2D eigenvalue weighted by atomic mass is 9.99. The zero-order valence-electron chi connectivity index (χ0n) is 17.3.